The SMILES string of the molecule is C=C(C)C(=O)OCCC[Si]12OC(C)CN(CC(C)O1)CC(C)O2. The third-order valence-corrected chi connectivity index (χ3v) is 7.15. The van der Waals surface area contributed by atoms with Crippen LogP contribution in [0.5, 0.6) is 0 Å². The summed E-state index contributed by atoms with van der Waals surface area (Å²) in [4.78, 5) is 13.8. The molecular weight excluding hydrogens is 314 g/mol. The van der Waals surface area contributed by atoms with Crippen LogP contribution in [-0.4, -0.2) is 64.2 Å². The predicted molar refractivity (Wildman–Crippen MR) is 89.0 cm³/mol. The van der Waals surface area contributed by atoms with Crippen molar-refractivity contribution in [2.24, 2.45) is 0 Å². The second-order valence-corrected chi connectivity index (χ2v) is 9.28. The van der Waals surface area contributed by atoms with Gasteiger partial charge >= 0.3 is 14.8 Å². The standard InChI is InChI=1S/C16H29NO5Si/c1-12(2)16(18)19-7-6-8-23-20-13(3)9-17(10-14(4)21-23)11-15(5)22-23/h13-15H,1,6-11H2,2-5H3. The Morgan fingerprint density at radius 1 is 1.13 bits per heavy atom. The molecular formula is C16H29NO5Si. The van der Waals surface area contributed by atoms with E-state index >= 15 is 0 Å². The van der Waals surface area contributed by atoms with E-state index in [1.165, 1.54) is 0 Å². The number of esters is 1. The van der Waals surface area contributed by atoms with E-state index < -0.39 is 8.80 Å². The molecule has 6 nitrogen and oxygen atoms in total. The highest BCUT2D eigenvalue weighted by atomic mass is 28.4. The summed E-state index contributed by atoms with van der Waals surface area (Å²) in [7, 11) is -2.76. The monoisotopic (exact) mass is 343 g/mol. The van der Waals surface area contributed by atoms with Gasteiger partial charge in [0.25, 0.3) is 0 Å². The molecule has 0 amide bonds. The first-order chi connectivity index (χ1) is 10.8. The zero-order valence-electron chi connectivity index (χ0n) is 14.7. The topological polar surface area (TPSA) is 57.2 Å². The molecule has 0 radical (unpaired) electrons. The average Bonchev–Trinajstić information content (AvgIpc) is 2.39. The molecule has 0 aromatic rings. The predicted octanol–water partition coefficient (Wildman–Crippen LogP) is 1.98. The van der Waals surface area contributed by atoms with E-state index in [0.29, 0.717) is 24.6 Å². The van der Waals surface area contributed by atoms with E-state index in [2.05, 4.69) is 32.3 Å². The summed E-state index contributed by atoms with van der Waals surface area (Å²) >= 11 is 0. The van der Waals surface area contributed by atoms with Crippen molar-refractivity contribution in [1.29, 1.82) is 0 Å². The number of hydrogen-bond acceptors (Lipinski definition) is 6. The summed E-state index contributed by atoms with van der Waals surface area (Å²) in [5, 5.41) is 0. The summed E-state index contributed by atoms with van der Waals surface area (Å²) in [6, 6.07) is 0.662. The van der Waals surface area contributed by atoms with Crippen LogP contribution in [0, 0.1) is 0 Å². The Hall–Kier alpha value is -0.733. The molecule has 3 rings (SSSR count). The molecule has 3 saturated heterocycles. The Balaban J connectivity index is 1.98. The highest BCUT2D eigenvalue weighted by molar-refractivity contribution is 6.60. The van der Waals surface area contributed by atoms with Gasteiger partial charge in [-0.15, -0.1) is 0 Å². The summed E-state index contributed by atoms with van der Waals surface area (Å²) < 4.78 is 23.9. The van der Waals surface area contributed by atoms with Gasteiger partial charge in [-0.3, -0.25) is 4.90 Å². The lowest BCUT2D eigenvalue weighted by Gasteiger charge is -2.45. The van der Waals surface area contributed by atoms with E-state index in [1.54, 1.807) is 6.92 Å². The second kappa shape index (κ2) is 7.89. The van der Waals surface area contributed by atoms with Crippen molar-refractivity contribution in [3.05, 3.63) is 12.2 Å². The number of nitrogens with zero attached hydrogens (tertiary/aromatic N) is 1. The molecule has 3 fully saturated rings. The van der Waals surface area contributed by atoms with E-state index in [-0.39, 0.29) is 24.3 Å². The Morgan fingerprint density at radius 3 is 2.04 bits per heavy atom. The fourth-order valence-corrected chi connectivity index (χ4v) is 6.34. The number of carbonyl (C=O) groups excluding carboxylic acids is 1. The van der Waals surface area contributed by atoms with Crippen LogP contribution in [-0.2, 0) is 22.8 Å². The van der Waals surface area contributed by atoms with Crippen molar-refractivity contribution in [2.75, 3.05) is 26.2 Å². The molecule has 0 aliphatic carbocycles. The molecule has 132 valence electrons. The number of rotatable bonds is 5. The average molecular weight is 343 g/mol. The van der Waals surface area contributed by atoms with Crippen molar-refractivity contribution in [3.8, 4) is 0 Å². The first-order valence-corrected chi connectivity index (χ1v) is 10.3. The molecule has 0 saturated carbocycles. The second-order valence-electron chi connectivity index (χ2n) is 6.71. The minimum atomic E-state index is -2.76. The smallest absolute Gasteiger partial charge is 0.462 e. The molecule has 0 spiro atoms. The van der Waals surface area contributed by atoms with Crippen LogP contribution < -0.4 is 0 Å². The van der Waals surface area contributed by atoms with Gasteiger partial charge in [0.2, 0.25) is 0 Å². The molecule has 7 heteroatoms. The van der Waals surface area contributed by atoms with E-state index in [1.807, 2.05) is 0 Å². The maximum Gasteiger partial charge on any atom is 0.501 e. The zero-order valence-corrected chi connectivity index (χ0v) is 15.7. The Kier molecular flexibility index (Phi) is 6.38. The van der Waals surface area contributed by atoms with E-state index in [0.717, 1.165) is 19.6 Å². The van der Waals surface area contributed by atoms with Crippen LogP contribution in [0.2, 0.25) is 6.04 Å². The zero-order chi connectivity index (χ0) is 17.0. The summed E-state index contributed by atoms with van der Waals surface area (Å²) in [5.74, 6) is -0.354. The summed E-state index contributed by atoms with van der Waals surface area (Å²) in [6.45, 7) is 14.5. The van der Waals surface area contributed by atoms with Crippen LogP contribution in [0.1, 0.15) is 34.1 Å². The molecule has 23 heavy (non-hydrogen) atoms. The fourth-order valence-electron chi connectivity index (χ4n) is 3.18. The van der Waals surface area contributed by atoms with Gasteiger partial charge in [-0.25, -0.2) is 4.79 Å². The van der Waals surface area contributed by atoms with Crippen molar-refractivity contribution < 1.29 is 22.8 Å². The molecule has 3 aliphatic heterocycles. The van der Waals surface area contributed by atoms with E-state index in [4.69, 9.17) is 18.0 Å². The minimum absolute atomic E-state index is 0.0830. The van der Waals surface area contributed by atoms with Crippen LogP contribution >= 0.6 is 0 Å². The molecule has 3 atom stereocenters. The molecule has 2 bridgehead atoms. The summed E-state index contributed by atoms with van der Waals surface area (Å²) in [5.41, 5.74) is 0.414. The highest BCUT2D eigenvalue weighted by Crippen LogP contribution is 2.28. The van der Waals surface area contributed by atoms with Crippen molar-refractivity contribution in [1.82, 2.24) is 4.90 Å². The third kappa shape index (κ3) is 5.39. The minimum Gasteiger partial charge on any atom is -0.462 e. The molecule has 3 unspecified atom stereocenters. The van der Waals surface area contributed by atoms with Gasteiger partial charge in [0.15, 0.2) is 0 Å². The van der Waals surface area contributed by atoms with Gasteiger partial charge in [-0.05, 0) is 34.1 Å². The van der Waals surface area contributed by atoms with Crippen molar-refractivity contribution >= 4 is 14.8 Å². The van der Waals surface area contributed by atoms with Crippen molar-refractivity contribution in [2.45, 2.75) is 58.5 Å². The van der Waals surface area contributed by atoms with Crippen LogP contribution in [0.25, 0.3) is 0 Å². The molecule has 3 heterocycles. The maximum absolute atomic E-state index is 11.5. The first-order valence-electron chi connectivity index (χ1n) is 8.38. The van der Waals surface area contributed by atoms with Crippen molar-refractivity contribution in [3.63, 3.8) is 0 Å². The fraction of sp³-hybridized carbons (Fsp3) is 0.812. The van der Waals surface area contributed by atoms with Gasteiger partial charge < -0.3 is 18.0 Å². The lowest BCUT2D eigenvalue weighted by Crippen LogP contribution is -2.61. The van der Waals surface area contributed by atoms with E-state index in [9.17, 15) is 4.79 Å². The summed E-state index contributed by atoms with van der Waals surface area (Å²) in [6.07, 6.45) is 0.917. The highest BCUT2D eigenvalue weighted by Gasteiger charge is 2.48. The number of carbonyl (C=O) groups is 1. The lowest BCUT2D eigenvalue weighted by molar-refractivity contribution is -0.139. The molecule has 0 aromatic heterocycles. The quantitative estimate of drug-likeness (QED) is 0.329. The Morgan fingerprint density at radius 2 is 1.61 bits per heavy atom. The molecule has 0 aromatic carbocycles. The van der Waals surface area contributed by atoms with Gasteiger partial charge in [-0.1, -0.05) is 6.58 Å². The number of hydrogen-bond donors (Lipinski definition) is 0. The van der Waals surface area contributed by atoms with Crippen LogP contribution in [0.4, 0.5) is 0 Å². The van der Waals surface area contributed by atoms with Gasteiger partial charge in [-0.2, -0.15) is 0 Å². The number of fused-ring (bicyclic) bond motifs is 6. The largest absolute Gasteiger partial charge is 0.501 e. The Bertz CT molecular complexity index is 408. The van der Waals surface area contributed by atoms with Gasteiger partial charge in [0.1, 0.15) is 0 Å². The van der Waals surface area contributed by atoms with Crippen LogP contribution in [0.3, 0.4) is 0 Å². The normalized spacial score (nSPS) is 37.6. The van der Waals surface area contributed by atoms with Gasteiger partial charge in [0, 0.05) is 31.3 Å². The first kappa shape index (κ1) is 18.6. The molecule has 3 aliphatic rings. The Labute approximate surface area is 140 Å². The van der Waals surface area contributed by atoms with Crippen LogP contribution in [0.15, 0.2) is 12.2 Å². The maximum atomic E-state index is 11.5. The molecule has 0 N–H and O–H groups in total. The lowest BCUT2D eigenvalue weighted by atomic mass is 10.2. The third-order valence-electron chi connectivity index (χ3n) is 3.90. The van der Waals surface area contributed by atoms with Gasteiger partial charge in [0.05, 0.1) is 24.9 Å². The number of ether oxygens (including phenoxy) is 1.